The van der Waals surface area contributed by atoms with Crippen LogP contribution < -0.4 is 0 Å². The van der Waals surface area contributed by atoms with E-state index in [4.69, 9.17) is 39.0 Å². The Hall–Kier alpha value is -3.36. The highest BCUT2D eigenvalue weighted by atomic mass is 35.5. The molecule has 37 heavy (non-hydrogen) atoms. The number of halogens is 3. The summed E-state index contributed by atoms with van der Waals surface area (Å²) in [6, 6.07) is 19.2. The van der Waals surface area contributed by atoms with Gasteiger partial charge in [-0.15, -0.1) is 0 Å². The van der Waals surface area contributed by atoms with Gasteiger partial charge in [-0.1, -0.05) is 82.9 Å². The minimum Gasteiger partial charge on any atom is -0.207 e. The SMILES string of the molecule is CC.CC.CC.Cc1ccc(Cl)c(C)c1C#N.Cc1ccc(Cl)cc1C#N.Cc1ccc(F)cc1C#N. The molecule has 6 heteroatoms. The monoisotopic (exact) mass is 541 g/mol. The van der Waals surface area contributed by atoms with E-state index in [9.17, 15) is 4.39 Å². The van der Waals surface area contributed by atoms with Crippen LogP contribution in [0.25, 0.3) is 0 Å². The molecule has 0 bridgehead atoms. The Bertz CT molecular complexity index is 1140. The van der Waals surface area contributed by atoms with Crippen LogP contribution in [0.4, 0.5) is 4.39 Å². The molecule has 0 atom stereocenters. The summed E-state index contributed by atoms with van der Waals surface area (Å²) in [5, 5.41) is 26.9. The third-order valence-electron chi connectivity index (χ3n) is 4.36. The Labute approximate surface area is 233 Å². The summed E-state index contributed by atoms with van der Waals surface area (Å²) in [6.45, 7) is 19.4. The Morgan fingerprint density at radius 1 is 0.595 bits per heavy atom. The van der Waals surface area contributed by atoms with Gasteiger partial charge in [-0.2, -0.15) is 15.8 Å². The van der Waals surface area contributed by atoms with Crippen molar-refractivity contribution in [2.75, 3.05) is 0 Å². The topological polar surface area (TPSA) is 71.4 Å². The van der Waals surface area contributed by atoms with Crippen LogP contribution in [0.1, 0.15) is 80.5 Å². The van der Waals surface area contributed by atoms with E-state index >= 15 is 0 Å². The molecule has 0 aliphatic carbocycles. The molecule has 0 radical (unpaired) electrons. The molecule has 3 nitrogen and oxygen atoms in total. The molecule has 3 aromatic rings. The van der Waals surface area contributed by atoms with Gasteiger partial charge >= 0.3 is 0 Å². The lowest BCUT2D eigenvalue weighted by atomic mass is 10.0. The summed E-state index contributed by atoms with van der Waals surface area (Å²) in [6.07, 6.45) is 0. The predicted molar refractivity (Wildman–Crippen MR) is 156 cm³/mol. The highest BCUT2D eigenvalue weighted by Gasteiger charge is 2.03. The molecule has 0 aromatic heterocycles. The van der Waals surface area contributed by atoms with Crippen LogP contribution in [0, 0.1) is 67.5 Å². The Balaban J connectivity index is -0.000000425. The fourth-order valence-electron chi connectivity index (χ4n) is 2.42. The van der Waals surface area contributed by atoms with E-state index in [2.05, 4.69) is 12.1 Å². The molecular formula is C31H38Cl2FN3. The largest absolute Gasteiger partial charge is 0.207 e. The first-order chi connectivity index (χ1) is 17.6. The van der Waals surface area contributed by atoms with Crippen LogP contribution in [0.3, 0.4) is 0 Å². The van der Waals surface area contributed by atoms with Gasteiger partial charge in [0.15, 0.2) is 0 Å². The minimum absolute atomic E-state index is 0.359. The van der Waals surface area contributed by atoms with E-state index in [1.165, 1.54) is 12.1 Å². The van der Waals surface area contributed by atoms with Gasteiger partial charge in [-0.05, 0) is 80.3 Å². The van der Waals surface area contributed by atoms with E-state index in [0.717, 1.165) is 22.3 Å². The van der Waals surface area contributed by atoms with E-state index in [1.807, 2.05) is 86.6 Å². The van der Waals surface area contributed by atoms with Crippen LogP contribution in [0.15, 0.2) is 48.5 Å². The molecule has 198 valence electrons. The van der Waals surface area contributed by atoms with Crippen molar-refractivity contribution in [3.8, 4) is 18.2 Å². The Morgan fingerprint density at radius 2 is 1.03 bits per heavy atom. The summed E-state index contributed by atoms with van der Waals surface area (Å²) in [5.41, 5.74) is 5.37. The maximum Gasteiger partial charge on any atom is 0.124 e. The standard InChI is InChI=1S/C9H8ClN.C8H6ClN.C8H6FN.3C2H6/c1-6-3-4-9(10)7(2)8(6)5-11;2*1-6-2-3-8(9)4-7(6)5-10;3*1-2/h3-4H,1-2H3;2*2-4H,1H3;3*1-2H3. The molecule has 3 rings (SSSR count). The van der Waals surface area contributed by atoms with E-state index in [-0.39, 0.29) is 5.82 Å². The number of nitrogens with zero attached hydrogens (tertiary/aromatic N) is 3. The van der Waals surface area contributed by atoms with Crippen molar-refractivity contribution in [3.63, 3.8) is 0 Å². The number of nitriles is 3. The van der Waals surface area contributed by atoms with Crippen molar-refractivity contribution in [1.82, 2.24) is 0 Å². The van der Waals surface area contributed by atoms with E-state index < -0.39 is 0 Å². The lowest BCUT2D eigenvalue weighted by Crippen LogP contribution is -1.87. The number of benzene rings is 3. The minimum atomic E-state index is -0.359. The quantitative estimate of drug-likeness (QED) is 0.284. The number of hydrogen-bond acceptors (Lipinski definition) is 3. The molecular weight excluding hydrogens is 504 g/mol. The smallest absolute Gasteiger partial charge is 0.124 e. The Morgan fingerprint density at radius 3 is 1.41 bits per heavy atom. The van der Waals surface area contributed by atoms with Gasteiger partial charge in [0.25, 0.3) is 0 Å². The molecule has 0 saturated heterocycles. The van der Waals surface area contributed by atoms with Crippen molar-refractivity contribution >= 4 is 23.2 Å². The first kappa shape index (κ1) is 38.2. The summed E-state index contributed by atoms with van der Waals surface area (Å²) < 4.78 is 12.4. The summed E-state index contributed by atoms with van der Waals surface area (Å²) in [5.74, 6) is -0.359. The molecule has 0 heterocycles. The van der Waals surface area contributed by atoms with Crippen molar-refractivity contribution in [2.24, 2.45) is 0 Å². The number of rotatable bonds is 0. The van der Waals surface area contributed by atoms with Crippen molar-refractivity contribution in [3.05, 3.63) is 103 Å². The normalized spacial score (nSPS) is 8.05. The van der Waals surface area contributed by atoms with Crippen molar-refractivity contribution in [1.29, 1.82) is 15.8 Å². The molecule has 0 N–H and O–H groups in total. The average Bonchev–Trinajstić information content (AvgIpc) is 2.93. The van der Waals surface area contributed by atoms with E-state index in [1.54, 1.807) is 25.1 Å². The predicted octanol–water partition coefficient (Wildman–Crippen LogP) is 10.4. The fourth-order valence-corrected chi connectivity index (χ4v) is 2.75. The maximum atomic E-state index is 12.4. The molecule has 3 aromatic carbocycles. The van der Waals surface area contributed by atoms with Gasteiger partial charge in [0.05, 0.1) is 34.9 Å². The van der Waals surface area contributed by atoms with Gasteiger partial charge in [0, 0.05) is 10.0 Å². The second-order valence-corrected chi connectivity index (χ2v) is 7.46. The first-order valence-electron chi connectivity index (χ1n) is 12.1. The molecule has 0 aliphatic rings. The van der Waals surface area contributed by atoms with E-state index in [0.29, 0.717) is 26.7 Å². The van der Waals surface area contributed by atoms with Crippen LogP contribution in [-0.4, -0.2) is 0 Å². The molecule has 0 saturated carbocycles. The zero-order valence-electron chi connectivity index (χ0n) is 23.6. The zero-order valence-corrected chi connectivity index (χ0v) is 25.1. The van der Waals surface area contributed by atoms with Gasteiger partial charge in [0.1, 0.15) is 5.82 Å². The van der Waals surface area contributed by atoms with Gasteiger partial charge in [-0.25, -0.2) is 4.39 Å². The lowest BCUT2D eigenvalue weighted by molar-refractivity contribution is 0.627. The van der Waals surface area contributed by atoms with Crippen molar-refractivity contribution in [2.45, 2.75) is 69.2 Å². The second-order valence-electron chi connectivity index (χ2n) is 6.62. The fraction of sp³-hybridized carbons (Fsp3) is 0.323. The third-order valence-corrected chi connectivity index (χ3v) is 5.00. The molecule has 0 unspecified atom stereocenters. The van der Waals surface area contributed by atoms with Gasteiger partial charge in [0.2, 0.25) is 0 Å². The highest BCUT2D eigenvalue weighted by Crippen LogP contribution is 2.21. The van der Waals surface area contributed by atoms with Crippen LogP contribution >= 0.6 is 23.2 Å². The number of hydrogen-bond donors (Lipinski definition) is 0. The molecule has 0 aliphatic heterocycles. The summed E-state index contributed by atoms with van der Waals surface area (Å²) in [7, 11) is 0. The molecule has 0 fully saturated rings. The molecule has 0 spiro atoms. The summed E-state index contributed by atoms with van der Waals surface area (Å²) >= 11 is 11.5. The first-order valence-corrected chi connectivity index (χ1v) is 12.9. The van der Waals surface area contributed by atoms with Crippen LogP contribution in [-0.2, 0) is 0 Å². The number of aryl methyl sites for hydroxylation is 3. The van der Waals surface area contributed by atoms with Gasteiger partial charge < -0.3 is 0 Å². The highest BCUT2D eigenvalue weighted by molar-refractivity contribution is 6.31. The Kier molecular flexibility index (Phi) is 23.8. The van der Waals surface area contributed by atoms with Crippen LogP contribution in [0.2, 0.25) is 10.0 Å². The van der Waals surface area contributed by atoms with Crippen molar-refractivity contribution < 1.29 is 4.39 Å². The average molecular weight is 543 g/mol. The zero-order chi connectivity index (χ0) is 29.6. The lowest BCUT2D eigenvalue weighted by Gasteiger charge is -2.02. The maximum absolute atomic E-state index is 12.4. The van der Waals surface area contributed by atoms with Crippen LogP contribution in [0.5, 0.6) is 0 Å². The third kappa shape index (κ3) is 14.7. The molecule has 0 amide bonds. The van der Waals surface area contributed by atoms with Gasteiger partial charge in [-0.3, -0.25) is 0 Å². The second kappa shape index (κ2) is 23.1. The summed E-state index contributed by atoms with van der Waals surface area (Å²) in [4.78, 5) is 0.